The summed E-state index contributed by atoms with van der Waals surface area (Å²) in [6.45, 7) is 11.1. The average Bonchev–Trinajstić information content (AvgIpc) is 2.82. The number of hydrogen-bond donors (Lipinski definition) is 2. The van der Waals surface area contributed by atoms with Crippen molar-refractivity contribution in [1.29, 1.82) is 0 Å². The number of sulfonamides is 1. The molecule has 0 fully saturated rings. The van der Waals surface area contributed by atoms with Gasteiger partial charge in [-0.05, 0) is 6.92 Å². The van der Waals surface area contributed by atoms with Crippen molar-refractivity contribution >= 4 is 15.7 Å². The van der Waals surface area contributed by atoms with Gasteiger partial charge in [0, 0.05) is 23.2 Å². The van der Waals surface area contributed by atoms with E-state index in [-0.39, 0.29) is 16.7 Å². The van der Waals surface area contributed by atoms with Crippen molar-refractivity contribution in [2.75, 3.05) is 5.75 Å². The Morgan fingerprint density at radius 3 is 2.65 bits per heavy atom. The van der Waals surface area contributed by atoms with Crippen molar-refractivity contribution in [3.05, 3.63) is 46.5 Å². The number of nitrogens with zero attached hydrogens (tertiary/aromatic N) is 2. The van der Waals surface area contributed by atoms with Gasteiger partial charge in [0.25, 0.3) is 5.56 Å². The average molecular weight is 338 g/mol. The number of nitrogens with one attached hydrogen (secondary N) is 2. The lowest BCUT2D eigenvalue weighted by Crippen LogP contribution is -2.30. The molecule has 0 saturated heterocycles. The van der Waals surface area contributed by atoms with Crippen molar-refractivity contribution in [2.24, 2.45) is 0 Å². The summed E-state index contributed by atoms with van der Waals surface area (Å²) in [7, 11) is -3.49. The third kappa shape index (κ3) is 3.89. The zero-order valence-corrected chi connectivity index (χ0v) is 14.6. The van der Waals surface area contributed by atoms with Crippen LogP contribution in [0, 0.1) is 0 Å². The van der Waals surface area contributed by atoms with Gasteiger partial charge in [0.1, 0.15) is 0 Å². The Bertz CT molecular complexity index is 888. The van der Waals surface area contributed by atoms with Crippen LogP contribution in [0.3, 0.4) is 0 Å². The molecular formula is C15H22N4O3S. The fourth-order valence-corrected chi connectivity index (χ4v) is 3.21. The minimum Gasteiger partial charge on any atom is -0.293 e. The lowest BCUT2D eigenvalue weighted by atomic mass is 9.93. The van der Waals surface area contributed by atoms with Crippen molar-refractivity contribution in [1.82, 2.24) is 19.3 Å². The fourth-order valence-electron chi connectivity index (χ4n) is 2.15. The smallest absolute Gasteiger partial charge is 0.272 e. The Morgan fingerprint density at radius 1 is 1.43 bits per heavy atom. The normalized spacial score (nSPS) is 14.1. The number of aromatic nitrogens is 3. The number of rotatable bonds is 5. The van der Waals surface area contributed by atoms with Crippen LogP contribution in [0.5, 0.6) is 0 Å². The minimum atomic E-state index is -3.49. The van der Waals surface area contributed by atoms with Gasteiger partial charge in [-0.1, -0.05) is 26.8 Å². The molecule has 1 atom stereocenters. The molecule has 126 valence electrons. The SMILES string of the molecule is C=CCS(=O)(=O)N[C@@H](C)c1cc(=O)n2[nH]c(C(C)(C)C)cc2n1. The maximum absolute atomic E-state index is 12.2. The molecular weight excluding hydrogens is 316 g/mol. The molecule has 0 spiro atoms. The summed E-state index contributed by atoms with van der Waals surface area (Å²) in [6.07, 6.45) is 1.31. The van der Waals surface area contributed by atoms with Crippen LogP contribution < -0.4 is 10.3 Å². The van der Waals surface area contributed by atoms with E-state index in [0.29, 0.717) is 11.3 Å². The van der Waals surface area contributed by atoms with E-state index in [0.717, 1.165) is 5.69 Å². The zero-order valence-electron chi connectivity index (χ0n) is 13.8. The summed E-state index contributed by atoms with van der Waals surface area (Å²) in [4.78, 5) is 16.6. The van der Waals surface area contributed by atoms with E-state index in [4.69, 9.17) is 0 Å². The Labute approximate surface area is 135 Å². The highest BCUT2D eigenvalue weighted by Gasteiger charge is 2.20. The van der Waals surface area contributed by atoms with Gasteiger partial charge in [-0.2, -0.15) is 0 Å². The van der Waals surface area contributed by atoms with Crippen LogP contribution in [0.15, 0.2) is 29.6 Å². The van der Waals surface area contributed by atoms with Crippen LogP contribution in [0.2, 0.25) is 0 Å². The van der Waals surface area contributed by atoms with E-state index in [9.17, 15) is 13.2 Å². The molecule has 0 saturated carbocycles. The number of H-pyrrole nitrogens is 1. The quantitative estimate of drug-likeness (QED) is 0.807. The molecule has 23 heavy (non-hydrogen) atoms. The monoisotopic (exact) mass is 338 g/mol. The number of aromatic amines is 1. The van der Waals surface area contributed by atoms with Gasteiger partial charge in [-0.25, -0.2) is 22.6 Å². The first-order valence-corrected chi connectivity index (χ1v) is 8.93. The first-order chi connectivity index (χ1) is 10.5. The molecule has 8 heteroatoms. The van der Waals surface area contributed by atoms with Gasteiger partial charge in [0.15, 0.2) is 5.65 Å². The highest BCUT2D eigenvalue weighted by molar-refractivity contribution is 7.89. The third-order valence-corrected chi connectivity index (χ3v) is 4.80. The van der Waals surface area contributed by atoms with Crippen molar-refractivity contribution in [3.63, 3.8) is 0 Å². The molecule has 2 heterocycles. The molecule has 0 aliphatic heterocycles. The highest BCUT2D eigenvalue weighted by atomic mass is 32.2. The Hall–Kier alpha value is -1.93. The molecule has 2 rings (SSSR count). The van der Waals surface area contributed by atoms with E-state index in [2.05, 4.69) is 21.4 Å². The summed E-state index contributed by atoms with van der Waals surface area (Å²) < 4.78 is 27.4. The summed E-state index contributed by atoms with van der Waals surface area (Å²) in [5, 5.41) is 3.03. The lowest BCUT2D eigenvalue weighted by Gasteiger charge is -2.14. The molecule has 0 radical (unpaired) electrons. The summed E-state index contributed by atoms with van der Waals surface area (Å²) in [5.74, 6) is -0.184. The number of hydrogen-bond acceptors (Lipinski definition) is 4. The second-order valence-electron chi connectivity index (χ2n) is 6.54. The first kappa shape index (κ1) is 17.4. The van der Waals surface area contributed by atoms with E-state index in [1.807, 2.05) is 20.8 Å². The van der Waals surface area contributed by atoms with Gasteiger partial charge in [0.05, 0.1) is 17.5 Å². The zero-order chi connectivity index (χ0) is 17.4. The van der Waals surface area contributed by atoms with Crippen LogP contribution in [-0.4, -0.2) is 28.8 Å². The molecule has 2 aromatic heterocycles. The van der Waals surface area contributed by atoms with Gasteiger partial charge in [-0.15, -0.1) is 6.58 Å². The predicted octanol–water partition coefficient (Wildman–Crippen LogP) is 1.49. The Balaban J connectivity index is 2.43. The Kier molecular flexibility index (Phi) is 4.50. The topological polar surface area (TPSA) is 96.3 Å². The maximum atomic E-state index is 12.2. The van der Waals surface area contributed by atoms with Gasteiger partial charge < -0.3 is 0 Å². The van der Waals surface area contributed by atoms with Crippen LogP contribution in [-0.2, 0) is 15.4 Å². The van der Waals surface area contributed by atoms with Crippen molar-refractivity contribution in [3.8, 4) is 0 Å². The molecule has 2 aromatic rings. The van der Waals surface area contributed by atoms with Crippen LogP contribution >= 0.6 is 0 Å². The second kappa shape index (κ2) is 5.93. The fraction of sp³-hybridized carbons (Fsp3) is 0.467. The first-order valence-electron chi connectivity index (χ1n) is 7.27. The summed E-state index contributed by atoms with van der Waals surface area (Å²) >= 11 is 0. The van der Waals surface area contributed by atoms with Crippen LogP contribution in [0.1, 0.15) is 45.1 Å². The number of fused-ring (bicyclic) bond motifs is 1. The largest absolute Gasteiger partial charge is 0.293 e. The minimum absolute atomic E-state index is 0.155. The third-order valence-electron chi connectivity index (χ3n) is 3.42. The molecule has 0 unspecified atom stereocenters. The molecule has 2 N–H and O–H groups in total. The summed E-state index contributed by atoms with van der Waals surface area (Å²) in [5.41, 5.74) is 1.28. The molecule has 0 aliphatic rings. The standard InChI is InChI=1S/C15H22N4O3S/c1-6-7-23(21,22)18-10(2)11-8-14(20)19-13(16-11)9-12(17-19)15(3,4)5/h6,8-10,17-18H,1,7H2,2-5H3/t10-/m0/s1. The maximum Gasteiger partial charge on any atom is 0.272 e. The molecule has 0 amide bonds. The summed E-state index contributed by atoms with van der Waals surface area (Å²) in [6, 6.07) is 2.53. The van der Waals surface area contributed by atoms with Gasteiger partial charge in [-0.3, -0.25) is 9.89 Å². The molecule has 7 nitrogen and oxygen atoms in total. The molecule has 0 bridgehead atoms. The van der Waals surface area contributed by atoms with Gasteiger partial charge >= 0.3 is 0 Å². The predicted molar refractivity (Wildman–Crippen MR) is 90.0 cm³/mol. The highest BCUT2D eigenvalue weighted by Crippen LogP contribution is 2.21. The Morgan fingerprint density at radius 2 is 2.09 bits per heavy atom. The van der Waals surface area contributed by atoms with Crippen molar-refractivity contribution in [2.45, 2.75) is 39.2 Å². The van der Waals surface area contributed by atoms with E-state index in [1.54, 1.807) is 13.0 Å². The van der Waals surface area contributed by atoms with E-state index >= 15 is 0 Å². The van der Waals surface area contributed by atoms with Crippen LogP contribution in [0.25, 0.3) is 5.65 Å². The van der Waals surface area contributed by atoms with Crippen molar-refractivity contribution < 1.29 is 8.42 Å². The molecule has 0 aliphatic carbocycles. The lowest BCUT2D eigenvalue weighted by molar-refractivity contribution is 0.560. The van der Waals surface area contributed by atoms with Crippen LogP contribution in [0.4, 0.5) is 0 Å². The van der Waals surface area contributed by atoms with E-state index in [1.165, 1.54) is 16.7 Å². The van der Waals surface area contributed by atoms with Gasteiger partial charge in [0.2, 0.25) is 10.0 Å². The second-order valence-corrected chi connectivity index (χ2v) is 8.34. The van der Waals surface area contributed by atoms with E-state index < -0.39 is 16.1 Å². The molecule has 0 aromatic carbocycles.